The topological polar surface area (TPSA) is 83.6 Å². The first-order valence-corrected chi connectivity index (χ1v) is 9.25. The number of thioether (sulfide) groups is 1. The third kappa shape index (κ3) is 4.47. The molecular formula is C13H16N2O4S2. The summed E-state index contributed by atoms with van der Waals surface area (Å²) in [5, 5.41) is 2.65. The van der Waals surface area contributed by atoms with Gasteiger partial charge in [-0.2, -0.15) is 0 Å². The van der Waals surface area contributed by atoms with Crippen molar-refractivity contribution < 1.29 is 18.0 Å². The number of carbonyl (C=O) groups excluding carboxylic acids is 2. The Morgan fingerprint density at radius 1 is 1.43 bits per heavy atom. The van der Waals surface area contributed by atoms with Gasteiger partial charge in [0.1, 0.15) is 0 Å². The molecule has 1 heterocycles. The molecule has 0 saturated carbocycles. The number of hydrogen-bond donors (Lipinski definition) is 1. The molecule has 1 aromatic carbocycles. The number of nitrogens with zero attached hydrogens (tertiary/aromatic N) is 1. The summed E-state index contributed by atoms with van der Waals surface area (Å²) in [6.07, 6.45) is 1.31. The highest BCUT2D eigenvalue weighted by atomic mass is 32.2. The third-order valence-corrected chi connectivity index (χ3v) is 5.00. The van der Waals surface area contributed by atoms with Crippen LogP contribution in [0.2, 0.25) is 0 Å². The zero-order valence-corrected chi connectivity index (χ0v) is 13.2. The van der Waals surface area contributed by atoms with E-state index in [1.165, 1.54) is 23.9 Å². The first-order chi connectivity index (χ1) is 9.86. The van der Waals surface area contributed by atoms with Gasteiger partial charge in [-0.05, 0) is 18.2 Å². The van der Waals surface area contributed by atoms with E-state index in [-0.39, 0.29) is 22.5 Å². The van der Waals surface area contributed by atoms with Gasteiger partial charge in [-0.3, -0.25) is 9.59 Å². The van der Waals surface area contributed by atoms with Gasteiger partial charge in [0.05, 0.1) is 4.90 Å². The lowest BCUT2D eigenvalue weighted by atomic mass is 10.3. The fraction of sp³-hybridized carbons (Fsp3) is 0.385. The molecule has 1 aliphatic heterocycles. The van der Waals surface area contributed by atoms with E-state index in [1.807, 2.05) is 0 Å². The smallest absolute Gasteiger partial charge is 0.281 e. The number of anilines is 1. The van der Waals surface area contributed by atoms with E-state index in [4.69, 9.17) is 0 Å². The van der Waals surface area contributed by atoms with Crippen LogP contribution in [0.25, 0.3) is 0 Å². The Balaban J connectivity index is 1.92. The molecule has 0 atom stereocenters. The first kappa shape index (κ1) is 15.8. The van der Waals surface area contributed by atoms with Gasteiger partial charge in [0.15, 0.2) is 9.84 Å². The molecule has 1 fully saturated rings. The van der Waals surface area contributed by atoms with Gasteiger partial charge in [0.2, 0.25) is 5.91 Å². The molecule has 0 radical (unpaired) electrons. The van der Waals surface area contributed by atoms with Gasteiger partial charge in [0, 0.05) is 37.2 Å². The van der Waals surface area contributed by atoms with E-state index in [2.05, 4.69) is 5.32 Å². The molecule has 21 heavy (non-hydrogen) atoms. The van der Waals surface area contributed by atoms with Crippen LogP contribution in [0.15, 0.2) is 29.2 Å². The Kier molecular flexibility index (Phi) is 4.89. The monoisotopic (exact) mass is 328 g/mol. The number of amides is 2. The van der Waals surface area contributed by atoms with Crippen molar-refractivity contribution in [2.45, 2.75) is 11.3 Å². The van der Waals surface area contributed by atoms with Gasteiger partial charge in [-0.15, -0.1) is 0 Å². The van der Waals surface area contributed by atoms with Crippen LogP contribution < -0.4 is 5.32 Å². The second-order valence-electron chi connectivity index (χ2n) is 4.70. The molecule has 6 nitrogen and oxygen atoms in total. The van der Waals surface area contributed by atoms with E-state index in [0.29, 0.717) is 18.8 Å². The van der Waals surface area contributed by atoms with Crippen LogP contribution in [-0.4, -0.2) is 49.6 Å². The zero-order chi connectivity index (χ0) is 15.5. The second kappa shape index (κ2) is 6.48. The van der Waals surface area contributed by atoms with Crippen molar-refractivity contribution in [1.82, 2.24) is 4.90 Å². The molecule has 114 valence electrons. The largest absolute Gasteiger partial charge is 0.332 e. The van der Waals surface area contributed by atoms with E-state index in [9.17, 15) is 18.0 Å². The Labute approximate surface area is 127 Å². The Morgan fingerprint density at radius 3 is 2.81 bits per heavy atom. The standard InChI is InChI=1S/C13H16N2O4S2/c1-21(18,19)11-4-2-3-10(9-11)14-12(16)5-6-15-7-8-20-13(15)17/h2-4,9H,5-8H2,1H3,(H,14,16). The second-order valence-corrected chi connectivity index (χ2v) is 7.76. The maximum absolute atomic E-state index is 11.8. The Hall–Kier alpha value is -1.54. The normalized spacial score (nSPS) is 15.3. The van der Waals surface area contributed by atoms with E-state index >= 15 is 0 Å². The van der Waals surface area contributed by atoms with Crippen molar-refractivity contribution in [3.63, 3.8) is 0 Å². The number of sulfone groups is 1. The molecule has 8 heteroatoms. The van der Waals surface area contributed by atoms with Crippen LogP contribution in [0.3, 0.4) is 0 Å². The van der Waals surface area contributed by atoms with Crippen LogP contribution in [0.4, 0.5) is 10.5 Å². The van der Waals surface area contributed by atoms with Gasteiger partial charge in [0.25, 0.3) is 5.24 Å². The maximum Gasteiger partial charge on any atom is 0.281 e. The lowest BCUT2D eigenvalue weighted by molar-refractivity contribution is -0.116. The van der Waals surface area contributed by atoms with E-state index in [0.717, 1.165) is 12.0 Å². The average molecular weight is 328 g/mol. The SMILES string of the molecule is CS(=O)(=O)c1cccc(NC(=O)CCN2CCSC2=O)c1. The van der Waals surface area contributed by atoms with E-state index in [1.54, 1.807) is 17.0 Å². The van der Waals surface area contributed by atoms with Crippen molar-refractivity contribution in [2.24, 2.45) is 0 Å². The lowest BCUT2D eigenvalue weighted by Crippen LogP contribution is -2.27. The molecule has 0 bridgehead atoms. The number of benzene rings is 1. The summed E-state index contributed by atoms with van der Waals surface area (Å²) in [5.41, 5.74) is 0.435. The molecule has 0 unspecified atom stereocenters. The Morgan fingerprint density at radius 2 is 2.19 bits per heavy atom. The van der Waals surface area contributed by atoms with Crippen LogP contribution in [0.5, 0.6) is 0 Å². The molecular weight excluding hydrogens is 312 g/mol. The fourth-order valence-electron chi connectivity index (χ4n) is 1.89. The fourth-order valence-corrected chi connectivity index (χ4v) is 3.41. The number of nitrogens with one attached hydrogen (secondary N) is 1. The van der Waals surface area contributed by atoms with Crippen molar-refractivity contribution in [3.8, 4) is 0 Å². The number of carbonyl (C=O) groups is 2. The molecule has 2 amide bonds. The lowest BCUT2D eigenvalue weighted by Gasteiger charge is -2.14. The summed E-state index contributed by atoms with van der Waals surface area (Å²) in [5.74, 6) is 0.516. The minimum Gasteiger partial charge on any atom is -0.332 e. The maximum atomic E-state index is 11.8. The summed E-state index contributed by atoms with van der Waals surface area (Å²) in [7, 11) is -3.30. The predicted molar refractivity (Wildman–Crippen MR) is 82.2 cm³/mol. The van der Waals surface area contributed by atoms with Crippen molar-refractivity contribution in [3.05, 3.63) is 24.3 Å². The minimum atomic E-state index is -3.30. The van der Waals surface area contributed by atoms with Gasteiger partial charge < -0.3 is 10.2 Å². The number of hydrogen-bond acceptors (Lipinski definition) is 5. The summed E-state index contributed by atoms with van der Waals surface area (Å²) >= 11 is 1.25. The summed E-state index contributed by atoms with van der Waals surface area (Å²) in [6.45, 7) is 1.05. The van der Waals surface area contributed by atoms with Crippen molar-refractivity contribution in [2.75, 3.05) is 30.4 Å². The quantitative estimate of drug-likeness (QED) is 0.887. The van der Waals surface area contributed by atoms with Gasteiger partial charge in [-0.25, -0.2) is 8.42 Å². The Bertz CT molecular complexity index is 658. The molecule has 2 rings (SSSR count). The van der Waals surface area contributed by atoms with Crippen molar-refractivity contribution in [1.29, 1.82) is 0 Å². The van der Waals surface area contributed by atoms with Crippen molar-refractivity contribution >= 4 is 38.4 Å². The third-order valence-electron chi connectivity index (χ3n) is 3.00. The van der Waals surface area contributed by atoms with Crippen LogP contribution >= 0.6 is 11.8 Å². The molecule has 1 aromatic rings. The molecule has 0 aliphatic carbocycles. The first-order valence-electron chi connectivity index (χ1n) is 6.38. The van der Waals surface area contributed by atoms with E-state index < -0.39 is 9.84 Å². The van der Waals surface area contributed by atoms with Gasteiger partial charge >= 0.3 is 0 Å². The summed E-state index contributed by atoms with van der Waals surface area (Å²) in [6, 6.07) is 6.10. The minimum absolute atomic E-state index is 0.00173. The van der Waals surface area contributed by atoms with Crippen LogP contribution in [-0.2, 0) is 14.6 Å². The van der Waals surface area contributed by atoms with Crippen LogP contribution in [0, 0.1) is 0 Å². The highest BCUT2D eigenvalue weighted by molar-refractivity contribution is 8.13. The highest BCUT2D eigenvalue weighted by Gasteiger charge is 2.21. The molecule has 1 aliphatic rings. The molecule has 0 spiro atoms. The zero-order valence-electron chi connectivity index (χ0n) is 11.5. The molecule has 0 aromatic heterocycles. The molecule has 1 saturated heterocycles. The highest BCUT2D eigenvalue weighted by Crippen LogP contribution is 2.18. The summed E-state index contributed by atoms with van der Waals surface area (Å²) < 4.78 is 22.9. The van der Waals surface area contributed by atoms with Gasteiger partial charge in [-0.1, -0.05) is 17.8 Å². The molecule has 1 N–H and O–H groups in total. The summed E-state index contributed by atoms with van der Waals surface area (Å²) in [4.78, 5) is 25.0. The predicted octanol–water partition coefficient (Wildman–Crippen LogP) is 1.59. The average Bonchev–Trinajstić information content (AvgIpc) is 2.81. The van der Waals surface area contributed by atoms with Crippen LogP contribution in [0.1, 0.15) is 6.42 Å². The number of rotatable bonds is 5.